The summed E-state index contributed by atoms with van der Waals surface area (Å²) in [6, 6.07) is 6.15. The summed E-state index contributed by atoms with van der Waals surface area (Å²) >= 11 is 3.58. The fourth-order valence-corrected chi connectivity index (χ4v) is 2.16. The van der Waals surface area contributed by atoms with Crippen LogP contribution in [0.15, 0.2) is 24.4 Å². The van der Waals surface area contributed by atoms with Gasteiger partial charge in [-0.25, -0.2) is 4.68 Å². The van der Waals surface area contributed by atoms with Crippen LogP contribution in [0.1, 0.15) is 35.0 Å². The number of hydrogen-bond donors (Lipinski definition) is 0. The first-order chi connectivity index (χ1) is 9.13. The molecule has 19 heavy (non-hydrogen) atoms. The fourth-order valence-electron chi connectivity index (χ4n) is 1.95. The molecule has 2 rings (SSSR count). The summed E-state index contributed by atoms with van der Waals surface area (Å²) in [5.74, 6) is 0.883. The maximum atomic E-state index is 5.38. The van der Waals surface area contributed by atoms with Crippen LogP contribution in [0.5, 0.6) is 5.75 Å². The molecule has 1 unspecified atom stereocenters. The molecule has 1 heterocycles. The SMILES string of the molecule is CCC(Br)c1cn(Cc2cc(C)ccc2OC)nn1. The number of rotatable bonds is 5. The molecule has 0 spiro atoms. The molecule has 0 aliphatic heterocycles. The molecule has 2 aromatic rings. The summed E-state index contributed by atoms with van der Waals surface area (Å²) in [6.45, 7) is 4.85. The van der Waals surface area contributed by atoms with Crippen molar-refractivity contribution in [3.63, 3.8) is 0 Å². The Morgan fingerprint density at radius 3 is 2.89 bits per heavy atom. The molecule has 0 aliphatic rings. The Bertz CT molecular complexity index is 553. The summed E-state index contributed by atoms with van der Waals surface area (Å²) in [4.78, 5) is 0.264. The van der Waals surface area contributed by atoms with Crippen LogP contribution >= 0.6 is 15.9 Å². The van der Waals surface area contributed by atoms with E-state index >= 15 is 0 Å². The maximum absolute atomic E-state index is 5.38. The van der Waals surface area contributed by atoms with Gasteiger partial charge in [-0.05, 0) is 19.4 Å². The van der Waals surface area contributed by atoms with Crippen LogP contribution < -0.4 is 4.74 Å². The Kier molecular flexibility index (Phi) is 4.58. The van der Waals surface area contributed by atoms with Crippen molar-refractivity contribution >= 4 is 15.9 Å². The second kappa shape index (κ2) is 6.19. The average molecular weight is 324 g/mol. The lowest BCUT2D eigenvalue weighted by molar-refractivity contribution is 0.407. The topological polar surface area (TPSA) is 39.9 Å². The van der Waals surface area contributed by atoms with Gasteiger partial charge in [0.15, 0.2) is 0 Å². The van der Waals surface area contributed by atoms with Gasteiger partial charge in [0.25, 0.3) is 0 Å². The number of aryl methyl sites for hydroxylation is 1. The van der Waals surface area contributed by atoms with Crippen molar-refractivity contribution in [3.8, 4) is 5.75 Å². The standard InChI is InChI=1S/C14H18BrN3O/c1-4-12(15)13-9-18(17-16-13)8-11-7-10(2)5-6-14(11)19-3/h5-7,9,12H,4,8H2,1-3H3. The highest BCUT2D eigenvalue weighted by molar-refractivity contribution is 9.09. The number of aromatic nitrogens is 3. The number of benzene rings is 1. The van der Waals surface area contributed by atoms with E-state index < -0.39 is 0 Å². The summed E-state index contributed by atoms with van der Waals surface area (Å²) in [5.41, 5.74) is 3.29. The third kappa shape index (κ3) is 3.35. The van der Waals surface area contributed by atoms with Crippen LogP contribution in [0.25, 0.3) is 0 Å². The number of ether oxygens (including phenoxy) is 1. The van der Waals surface area contributed by atoms with Crippen LogP contribution in [0, 0.1) is 6.92 Å². The molecule has 0 saturated heterocycles. The highest BCUT2D eigenvalue weighted by Crippen LogP contribution is 2.24. The number of halogens is 1. The van der Waals surface area contributed by atoms with E-state index in [1.165, 1.54) is 5.56 Å². The Hall–Kier alpha value is -1.36. The average Bonchev–Trinajstić information content (AvgIpc) is 2.86. The van der Waals surface area contributed by atoms with Gasteiger partial charge >= 0.3 is 0 Å². The zero-order chi connectivity index (χ0) is 13.8. The van der Waals surface area contributed by atoms with Gasteiger partial charge in [0.1, 0.15) is 5.75 Å². The van der Waals surface area contributed by atoms with E-state index in [0.717, 1.165) is 23.4 Å². The second-order valence-electron chi connectivity index (χ2n) is 4.53. The molecule has 1 atom stereocenters. The summed E-state index contributed by atoms with van der Waals surface area (Å²) in [7, 11) is 1.69. The summed E-state index contributed by atoms with van der Waals surface area (Å²) in [5, 5.41) is 8.35. The van der Waals surface area contributed by atoms with Crippen LogP contribution in [0.2, 0.25) is 0 Å². The molecule has 102 valence electrons. The quantitative estimate of drug-likeness (QED) is 0.791. The smallest absolute Gasteiger partial charge is 0.123 e. The first kappa shape index (κ1) is 14.1. The predicted octanol–water partition coefficient (Wildman–Crippen LogP) is 3.49. The van der Waals surface area contributed by atoms with E-state index in [1.807, 2.05) is 23.0 Å². The summed E-state index contributed by atoms with van der Waals surface area (Å²) < 4.78 is 7.22. The molecule has 0 saturated carbocycles. The minimum atomic E-state index is 0.264. The van der Waals surface area contributed by atoms with E-state index in [9.17, 15) is 0 Å². The van der Waals surface area contributed by atoms with E-state index in [0.29, 0.717) is 6.54 Å². The third-order valence-corrected chi connectivity index (χ3v) is 4.12. The lowest BCUT2D eigenvalue weighted by Crippen LogP contribution is -2.03. The molecular formula is C14H18BrN3O. The van der Waals surface area contributed by atoms with Gasteiger partial charge in [0.05, 0.1) is 24.2 Å². The normalized spacial score (nSPS) is 12.4. The molecule has 1 aromatic heterocycles. The van der Waals surface area contributed by atoms with E-state index in [-0.39, 0.29) is 4.83 Å². The zero-order valence-corrected chi connectivity index (χ0v) is 13.0. The lowest BCUT2D eigenvalue weighted by Gasteiger charge is -2.09. The number of alkyl halides is 1. The second-order valence-corrected chi connectivity index (χ2v) is 5.64. The van der Waals surface area contributed by atoms with Crippen molar-refractivity contribution in [2.75, 3.05) is 7.11 Å². The van der Waals surface area contributed by atoms with Gasteiger partial charge in [0, 0.05) is 11.8 Å². The molecule has 0 fully saturated rings. The molecule has 0 aliphatic carbocycles. The van der Waals surface area contributed by atoms with Gasteiger partial charge in [-0.1, -0.05) is 45.8 Å². The van der Waals surface area contributed by atoms with Crippen LogP contribution in [-0.4, -0.2) is 22.1 Å². The lowest BCUT2D eigenvalue weighted by atomic mass is 10.1. The predicted molar refractivity (Wildman–Crippen MR) is 78.8 cm³/mol. The molecule has 4 nitrogen and oxygen atoms in total. The highest BCUT2D eigenvalue weighted by atomic mass is 79.9. The molecule has 1 aromatic carbocycles. The van der Waals surface area contributed by atoms with Crippen LogP contribution in [0.3, 0.4) is 0 Å². The molecule has 0 N–H and O–H groups in total. The molecule has 5 heteroatoms. The first-order valence-electron chi connectivity index (χ1n) is 6.31. The van der Waals surface area contributed by atoms with E-state index in [1.54, 1.807) is 7.11 Å². The van der Waals surface area contributed by atoms with Crippen molar-refractivity contribution in [2.24, 2.45) is 0 Å². The summed E-state index contributed by atoms with van der Waals surface area (Å²) in [6.07, 6.45) is 2.97. The van der Waals surface area contributed by atoms with E-state index in [2.05, 4.69) is 46.2 Å². The van der Waals surface area contributed by atoms with Crippen molar-refractivity contribution in [1.29, 1.82) is 0 Å². The van der Waals surface area contributed by atoms with Crippen molar-refractivity contribution < 1.29 is 4.74 Å². The van der Waals surface area contributed by atoms with Gasteiger partial charge in [-0.2, -0.15) is 0 Å². The molecular weight excluding hydrogens is 306 g/mol. The molecule has 0 radical (unpaired) electrons. The first-order valence-corrected chi connectivity index (χ1v) is 7.23. The van der Waals surface area contributed by atoms with Gasteiger partial charge in [-0.3, -0.25) is 0 Å². The van der Waals surface area contributed by atoms with Crippen LogP contribution in [-0.2, 0) is 6.54 Å². The minimum Gasteiger partial charge on any atom is -0.496 e. The Morgan fingerprint density at radius 1 is 1.42 bits per heavy atom. The third-order valence-electron chi connectivity index (χ3n) is 3.00. The molecule has 0 bridgehead atoms. The minimum absolute atomic E-state index is 0.264. The Balaban J connectivity index is 2.21. The van der Waals surface area contributed by atoms with Gasteiger partial charge in [-0.15, -0.1) is 5.10 Å². The van der Waals surface area contributed by atoms with Crippen molar-refractivity contribution in [2.45, 2.75) is 31.6 Å². The Labute approximate surface area is 121 Å². The van der Waals surface area contributed by atoms with Crippen LogP contribution in [0.4, 0.5) is 0 Å². The number of hydrogen-bond acceptors (Lipinski definition) is 3. The van der Waals surface area contributed by atoms with Crippen molar-refractivity contribution in [1.82, 2.24) is 15.0 Å². The fraction of sp³-hybridized carbons (Fsp3) is 0.429. The largest absolute Gasteiger partial charge is 0.496 e. The highest BCUT2D eigenvalue weighted by Gasteiger charge is 2.11. The Morgan fingerprint density at radius 2 is 2.21 bits per heavy atom. The van der Waals surface area contributed by atoms with Gasteiger partial charge in [0.2, 0.25) is 0 Å². The number of nitrogens with zero attached hydrogens (tertiary/aromatic N) is 3. The van der Waals surface area contributed by atoms with E-state index in [4.69, 9.17) is 4.74 Å². The number of methoxy groups -OCH3 is 1. The molecule has 0 amide bonds. The van der Waals surface area contributed by atoms with Gasteiger partial charge < -0.3 is 4.74 Å². The maximum Gasteiger partial charge on any atom is 0.123 e. The van der Waals surface area contributed by atoms with Crippen molar-refractivity contribution in [3.05, 3.63) is 41.2 Å². The zero-order valence-electron chi connectivity index (χ0n) is 11.4. The monoisotopic (exact) mass is 323 g/mol.